The number of nitrogens with one attached hydrogen (secondary N) is 2. The van der Waals surface area contributed by atoms with Crippen LogP contribution in [0.3, 0.4) is 0 Å². The molecule has 0 aliphatic heterocycles. The number of carbonyl (C=O) groups excluding carboxylic acids is 3. The van der Waals surface area contributed by atoms with Gasteiger partial charge in [-0.1, -0.05) is 89.9 Å². The summed E-state index contributed by atoms with van der Waals surface area (Å²) in [6.45, 7) is 0. The Hall–Kier alpha value is -4.72. The number of esters is 1. The molecule has 0 aromatic heterocycles. The first-order chi connectivity index (χ1) is 18.9. The van der Waals surface area contributed by atoms with Crippen LogP contribution >= 0.6 is 23.2 Å². The van der Waals surface area contributed by atoms with Gasteiger partial charge in [0.1, 0.15) is 5.75 Å². The summed E-state index contributed by atoms with van der Waals surface area (Å²) in [7, 11) is 0. The van der Waals surface area contributed by atoms with Gasteiger partial charge in [-0.15, -0.1) is 0 Å². The fourth-order valence-corrected chi connectivity index (χ4v) is 4.51. The SMILES string of the molecule is O=C(NN=Cc1c(OC(=O)c2ccc(Cl)cc2Cl)ccc2ccccc12)C(=O)Nc1cccc2ccccc12. The Morgan fingerprint density at radius 3 is 2.21 bits per heavy atom. The lowest BCUT2D eigenvalue weighted by atomic mass is 10.0. The standard InChI is InChI=1S/C30H19Cl2N3O4/c31-20-13-14-23(25(32)16-20)30(38)39-27-15-12-19-7-1-3-9-21(19)24(27)17-33-35-29(37)28(36)34-26-11-5-8-18-6-2-4-10-22(18)26/h1-17H,(H,34,36)(H,35,37). The van der Waals surface area contributed by atoms with Crippen LogP contribution < -0.4 is 15.5 Å². The molecular weight excluding hydrogens is 537 g/mol. The number of ether oxygens (including phenoxy) is 1. The molecule has 39 heavy (non-hydrogen) atoms. The van der Waals surface area contributed by atoms with E-state index in [1.807, 2.05) is 54.6 Å². The minimum Gasteiger partial charge on any atom is -0.422 e. The first-order valence-corrected chi connectivity index (χ1v) is 12.5. The first kappa shape index (κ1) is 25.9. The van der Waals surface area contributed by atoms with Crippen LogP contribution in [-0.2, 0) is 9.59 Å². The van der Waals surface area contributed by atoms with Gasteiger partial charge >= 0.3 is 17.8 Å². The molecule has 7 nitrogen and oxygen atoms in total. The third-order valence-corrected chi connectivity index (χ3v) is 6.44. The summed E-state index contributed by atoms with van der Waals surface area (Å²) in [5.41, 5.74) is 3.29. The highest BCUT2D eigenvalue weighted by Crippen LogP contribution is 2.29. The minimum atomic E-state index is -0.967. The van der Waals surface area contributed by atoms with Gasteiger partial charge in [0.15, 0.2) is 0 Å². The Labute approximate surface area is 233 Å². The molecule has 5 aromatic carbocycles. The molecule has 192 valence electrons. The second-order valence-corrected chi connectivity index (χ2v) is 9.24. The third kappa shape index (κ3) is 5.75. The summed E-state index contributed by atoms with van der Waals surface area (Å²) < 4.78 is 5.64. The average molecular weight is 556 g/mol. The Kier molecular flexibility index (Phi) is 7.54. The van der Waals surface area contributed by atoms with Gasteiger partial charge in [-0.3, -0.25) is 9.59 Å². The molecule has 0 aliphatic rings. The lowest BCUT2D eigenvalue weighted by molar-refractivity contribution is -0.136. The van der Waals surface area contributed by atoms with E-state index in [2.05, 4.69) is 15.8 Å². The van der Waals surface area contributed by atoms with Crippen molar-refractivity contribution < 1.29 is 19.1 Å². The molecule has 2 N–H and O–H groups in total. The van der Waals surface area contributed by atoms with Gasteiger partial charge in [0.25, 0.3) is 0 Å². The van der Waals surface area contributed by atoms with E-state index >= 15 is 0 Å². The number of hydrogen-bond donors (Lipinski definition) is 2. The topological polar surface area (TPSA) is 96.9 Å². The van der Waals surface area contributed by atoms with Crippen molar-refractivity contribution in [1.82, 2.24) is 5.43 Å². The highest BCUT2D eigenvalue weighted by Gasteiger charge is 2.17. The van der Waals surface area contributed by atoms with Crippen LogP contribution in [-0.4, -0.2) is 24.0 Å². The Balaban J connectivity index is 1.36. The predicted octanol–water partition coefficient (Wildman–Crippen LogP) is 6.61. The van der Waals surface area contributed by atoms with Gasteiger partial charge in [-0.2, -0.15) is 5.10 Å². The molecule has 0 bridgehead atoms. The monoisotopic (exact) mass is 555 g/mol. The van der Waals surface area contributed by atoms with Gasteiger partial charge < -0.3 is 10.1 Å². The fourth-order valence-electron chi connectivity index (χ4n) is 4.03. The van der Waals surface area contributed by atoms with E-state index in [0.29, 0.717) is 21.7 Å². The summed E-state index contributed by atoms with van der Waals surface area (Å²) in [6, 6.07) is 28.1. The van der Waals surface area contributed by atoms with Crippen molar-refractivity contribution in [3.8, 4) is 5.75 Å². The number of amides is 2. The molecule has 0 aliphatic carbocycles. The number of benzene rings is 5. The number of rotatable bonds is 5. The third-order valence-electron chi connectivity index (χ3n) is 5.89. The fraction of sp³-hybridized carbons (Fsp3) is 0. The van der Waals surface area contributed by atoms with Crippen LogP contribution in [0.2, 0.25) is 10.0 Å². The quantitative estimate of drug-likeness (QED) is 0.0838. The molecule has 5 rings (SSSR count). The lowest BCUT2D eigenvalue weighted by Gasteiger charge is -2.11. The van der Waals surface area contributed by atoms with E-state index in [9.17, 15) is 14.4 Å². The minimum absolute atomic E-state index is 0.135. The smallest absolute Gasteiger partial charge is 0.345 e. The number of halogens is 2. The Morgan fingerprint density at radius 1 is 0.744 bits per heavy atom. The van der Waals surface area contributed by atoms with Crippen molar-refractivity contribution in [1.29, 1.82) is 0 Å². The summed E-state index contributed by atoms with van der Waals surface area (Å²) in [5.74, 6) is -2.36. The molecule has 0 saturated carbocycles. The van der Waals surface area contributed by atoms with Gasteiger partial charge in [-0.25, -0.2) is 10.2 Å². The Morgan fingerprint density at radius 2 is 1.44 bits per heavy atom. The molecule has 0 saturated heterocycles. The van der Waals surface area contributed by atoms with Gasteiger partial charge in [-0.05, 0) is 46.5 Å². The van der Waals surface area contributed by atoms with E-state index in [4.69, 9.17) is 27.9 Å². The summed E-state index contributed by atoms with van der Waals surface area (Å²) in [4.78, 5) is 37.9. The van der Waals surface area contributed by atoms with E-state index in [1.165, 1.54) is 24.4 Å². The predicted molar refractivity (Wildman–Crippen MR) is 154 cm³/mol. The number of fused-ring (bicyclic) bond motifs is 2. The molecule has 0 fully saturated rings. The molecule has 0 radical (unpaired) electrons. The van der Waals surface area contributed by atoms with E-state index in [1.54, 1.807) is 24.3 Å². The van der Waals surface area contributed by atoms with Gasteiger partial charge in [0.05, 0.1) is 16.8 Å². The first-order valence-electron chi connectivity index (χ1n) is 11.7. The molecule has 0 heterocycles. The van der Waals surface area contributed by atoms with Crippen LogP contribution in [0.1, 0.15) is 15.9 Å². The zero-order chi connectivity index (χ0) is 27.4. The van der Waals surface area contributed by atoms with Crippen molar-refractivity contribution >= 4 is 74.4 Å². The van der Waals surface area contributed by atoms with Crippen molar-refractivity contribution in [3.05, 3.63) is 118 Å². The molecule has 2 amide bonds. The number of anilines is 1. The highest BCUT2D eigenvalue weighted by atomic mass is 35.5. The van der Waals surface area contributed by atoms with Crippen LogP contribution in [0.4, 0.5) is 5.69 Å². The molecular formula is C30H19Cl2N3O4. The second-order valence-electron chi connectivity index (χ2n) is 8.39. The van der Waals surface area contributed by atoms with Crippen LogP contribution in [0.15, 0.2) is 102 Å². The van der Waals surface area contributed by atoms with Crippen molar-refractivity contribution in [2.24, 2.45) is 5.10 Å². The average Bonchev–Trinajstić information content (AvgIpc) is 2.94. The van der Waals surface area contributed by atoms with Crippen molar-refractivity contribution in [2.75, 3.05) is 5.32 Å². The maximum Gasteiger partial charge on any atom is 0.345 e. The molecule has 9 heteroatoms. The number of hydrazone groups is 1. The normalized spacial score (nSPS) is 11.0. The van der Waals surface area contributed by atoms with Crippen molar-refractivity contribution in [3.63, 3.8) is 0 Å². The zero-order valence-corrected chi connectivity index (χ0v) is 21.7. The number of hydrogen-bond acceptors (Lipinski definition) is 5. The number of carbonyl (C=O) groups is 3. The van der Waals surface area contributed by atoms with Gasteiger partial charge in [0, 0.05) is 21.7 Å². The molecule has 0 spiro atoms. The maximum absolute atomic E-state index is 12.9. The lowest BCUT2D eigenvalue weighted by Crippen LogP contribution is -2.32. The van der Waals surface area contributed by atoms with Crippen LogP contribution in [0.5, 0.6) is 5.75 Å². The molecule has 5 aromatic rings. The van der Waals surface area contributed by atoms with Gasteiger partial charge in [0.2, 0.25) is 0 Å². The molecule has 0 unspecified atom stereocenters. The Bertz CT molecular complexity index is 1780. The van der Waals surface area contributed by atoms with Crippen LogP contribution in [0, 0.1) is 0 Å². The summed E-state index contributed by atoms with van der Waals surface area (Å²) in [5, 5.41) is 10.4. The second kappa shape index (κ2) is 11.3. The zero-order valence-electron chi connectivity index (χ0n) is 20.2. The highest BCUT2D eigenvalue weighted by molar-refractivity contribution is 6.40. The summed E-state index contributed by atoms with van der Waals surface area (Å²) >= 11 is 12.1. The maximum atomic E-state index is 12.9. The molecule has 0 atom stereocenters. The summed E-state index contributed by atoms with van der Waals surface area (Å²) in [6.07, 6.45) is 1.32. The van der Waals surface area contributed by atoms with Crippen molar-refractivity contribution in [2.45, 2.75) is 0 Å². The van der Waals surface area contributed by atoms with E-state index < -0.39 is 17.8 Å². The number of nitrogens with zero attached hydrogens (tertiary/aromatic N) is 1. The largest absolute Gasteiger partial charge is 0.422 e. The van der Waals surface area contributed by atoms with Crippen LogP contribution in [0.25, 0.3) is 21.5 Å². The van der Waals surface area contributed by atoms with E-state index in [0.717, 1.165) is 16.2 Å². The van der Waals surface area contributed by atoms with E-state index in [-0.39, 0.29) is 16.3 Å².